The van der Waals surface area contributed by atoms with Crippen molar-refractivity contribution in [3.8, 4) is 11.8 Å². The molecule has 0 radical (unpaired) electrons. The van der Waals surface area contributed by atoms with Crippen LogP contribution in [0.4, 0.5) is 5.69 Å². The smallest absolute Gasteiger partial charge is 0.262 e. The maximum atomic E-state index is 13.2. The SMILES string of the molecule is Cc1nc(S(N)(=O)=O)ccc1NC(=O)COc1ccc(Cl)cc1S(=O)(=O)c1cc(Cl)cc(C#N)c1. The first-order valence-corrected chi connectivity index (χ1v) is 13.3. The Morgan fingerprint density at radius 1 is 1.09 bits per heavy atom. The van der Waals surface area contributed by atoms with Gasteiger partial charge in [-0.1, -0.05) is 23.2 Å². The lowest BCUT2D eigenvalue weighted by Crippen LogP contribution is -2.22. The Labute approximate surface area is 211 Å². The van der Waals surface area contributed by atoms with E-state index >= 15 is 0 Å². The number of hydrogen-bond donors (Lipinski definition) is 2. The Morgan fingerprint density at radius 2 is 1.80 bits per heavy atom. The molecule has 0 unspecified atom stereocenters. The van der Waals surface area contributed by atoms with Crippen LogP contribution in [0.5, 0.6) is 5.75 Å². The van der Waals surface area contributed by atoms with E-state index in [1.165, 1.54) is 37.3 Å². The summed E-state index contributed by atoms with van der Waals surface area (Å²) < 4.78 is 54.7. The van der Waals surface area contributed by atoms with Crippen LogP contribution in [0.2, 0.25) is 10.0 Å². The van der Waals surface area contributed by atoms with Crippen molar-refractivity contribution >= 4 is 54.7 Å². The molecule has 0 aliphatic heterocycles. The normalized spacial score (nSPS) is 11.5. The first kappa shape index (κ1) is 26.4. The van der Waals surface area contributed by atoms with Crippen molar-refractivity contribution in [1.82, 2.24) is 4.98 Å². The van der Waals surface area contributed by atoms with Gasteiger partial charge in [-0.3, -0.25) is 4.79 Å². The van der Waals surface area contributed by atoms with Crippen molar-refractivity contribution in [2.24, 2.45) is 5.14 Å². The van der Waals surface area contributed by atoms with E-state index in [2.05, 4.69) is 10.3 Å². The topological polar surface area (TPSA) is 169 Å². The Kier molecular flexibility index (Phi) is 7.68. The number of amides is 1. The highest BCUT2D eigenvalue weighted by Crippen LogP contribution is 2.33. The van der Waals surface area contributed by atoms with Gasteiger partial charge >= 0.3 is 0 Å². The van der Waals surface area contributed by atoms with E-state index in [1.807, 2.05) is 6.07 Å². The van der Waals surface area contributed by atoms with Gasteiger partial charge in [-0.2, -0.15) is 5.26 Å². The van der Waals surface area contributed by atoms with Crippen LogP contribution in [0, 0.1) is 18.3 Å². The molecule has 35 heavy (non-hydrogen) atoms. The third kappa shape index (κ3) is 6.27. The number of aryl methyl sites for hydroxylation is 1. The van der Waals surface area contributed by atoms with E-state index in [1.54, 1.807) is 0 Å². The van der Waals surface area contributed by atoms with E-state index in [0.717, 1.165) is 18.2 Å². The van der Waals surface area contributed by atoms with Gasteiger partial charge in [0.25, 0.3) is 15.9 Å². The van der Waals surface area contributed by atoms with Crippen LogP contribution in [0.3, 0.4) is 0 Å². The molecule has 0 saturated heterocycles. The number of hydrogen-bond acceptors (Lipinski definition) is 8. The number of nitrogens with one attached hydrogen (secondary N) is 1. The number of carbonyl (C=O) groups is 1. The van der Waals surface area contributed by atoms with Crippen molar-refractivity contribution in [2.75, 3.05) is 11.9 Å². The summed E-state index contributed by atoms with van der Waals surface area (Å²) in [5.41, 5.74) is 0.434. The molecule has 182 valence electrons. The number of sulfone groups is 1. The number of primary sulfonamides is 1. The lowest BCUT2D eigenvalue weighted by molar-refractivity contribution is -0.118. The maximum absolute atomic E-state index is 13.2. The fraction of sp³-hybridized carbons (Fsp3) is 0.0952. The number of ether oxygens (including phenoxy) is 1. The van der Waals surface area contributed by atoms with Crippen molar-refractivity contribution in [1.29, 1.82) is 5.26 Å². The first-order valence-electron chi connectivity index (χ1n) is 9.49. The van der Waals surface area contributed by atoms with Crippen LogP contribution in [0.15, 0.2) is 63.3 Å². The fourth-order valence-corrected chi connectivity index (χ4v) is 5.43. The third-order valence-corrected chi connectivity index (χ3v) is 7.51. The molecular formula is C21H16Cl2N4O6S2. The molecule has 0 bridgehead atoms. The van der Waals surface area contributed by atoms with Crippen molar-refractivity contribution in [2.45, 2.75) is 21.7 Å². The number of halogens is 2. The number of nitrogens with zero attached hydrogens (tertiary/aromatic N) is 2. The minimum Gasteiger partial charge on any atom is -0.482 e. The third-order valence-electron chi connectivity index (χ3n) is 4.49. The van der Waals surface area contributed by atoms with Gasteiger partial charge in [0.05, 0.1) is 27.9 Å². The number of rotatable bonds is 7. The lowest BCUT2D eigenvalue weighted by Gasteiger charge is -2.14. The zero-order valence-electron chi connectivity index (χ0n) is 17.8. The Balaban J connectivity index is 1.85. The first-order chi connectivity index (χ1) is 16.3. The summed E-state index contributed by atoms with van der Waals surface area (Å²) >= 11 is 11.9. The highest BCUT2D eigenvalue weighted by molar-refractivity contribution is 7.91. The highest BCUT2D eigenvalue weighted by atomic mass is 35.5. The summed E-state index contributed by atoms with van der Waals surface area (Å²) in [6.07, 6.45) is 0. The van der Waals surface area contributed by atoms with Crippen LogP contribution in [-0.2, 0) is 24.7 Å². The summed E-state index contributed by atoms with van der Waals surface area (Å²) in [7, 11) is -8.25. The number of nitrogens with two attached hydrogens (primary N) is 1. The van der Waals surface area contributed by atoms with Gasteiger partial charge in [0.15, 0.2) is 11.6 Å². The molecule has 0 atom stereocenters. The second-order valence-corrected chi connectivity index (χ2v) is 11.3. The summed E-state index contributed by atoms with van der Waals surface area (Å²) in [5, 5.41) is 16.4. The van der Waals surface area contributed by atoms with Gasteiger partial charge in [0.1, 0.15) is 10.6 Å². The highest BCUT2D eigenvalue weighted by Gasteiger charge is 2.25. The maximum Gasteiger partial charge on any atom is 0.262 e. The van der Waals surface area contributed by atoms with Crippen LogP contribution in [0.25, 0.3) is 0 Å². The lowest BCUT2D eigenvalue weighted by atomic mass is 10.2. The molecule has 0 saturated carbocycles. The molecule has 1 amide bonds. The summed E-state index contributed by atoms with van der Waals surface area (Å²) in [4.78, 5) is 15.7. The second kappa shape index (κ2) is 10.2. The van der Waals surface area contributed by atoms with E-state index in [0.29, 0.717) is 0 Å². The summed E-state index contributed by atoms with van der Waals surface area (Å²) in [6, 6.07) is 11.7. The number of benzene rings is 2. The number of aromatic nitrogens is 1. The number of sulfonamides is 1. The predicted molar refractivity (Wildman–Crippen MR) is 128 cm³/mol. The molecule has 0 aliphatic carbocycles. The predicted octanol–water partition coefficient (Wildman–Crippen LogP) is 3.07. The number of pyridine rings is 1. The molecule has 3 aromatic rings. The minimum atomic E-state index is -4.23. The van der Waals surface area contributed by atoms with Crippen LogP contribution < -0.4 is 15.2 Å². The number of carbonyl (C=O) groups excluding carboxylic acids is 1. The molecule has 3 rings (SSSR count). The fourth-order valence-electron chi connectivity index (χ4n) is 2.88. The van der Waals surface area contributed by atoms with E-state index in [9.17, 15) is 21.6 Å². The average molecular weight is 555 g/mol. The van der Waals surface area contributed by atoms with Gasteiger partial charge in [-0.05, 0) is 55.5 Å². The van der Waals surface area contributed by atoms with Crippen LogP contribution >= 0.6 is 23.2 Å². The Hall–Kier alpha value is -3.21. The van der Waals surface area contributed by atoms with Crippen molar-refractivity contribution in [3.05, 3.63) is 69.8 Å². The zero-order valence-corrected chi connectivity index (χ0v) is 21.0. The Morgan fingerprint density at radius 3 is 2.43 bits per heavy atom. The average Bonchev–Trinajstić information content (AvgIpc) is 2.78. The van der Waals surface area contributed by atoms with Crippen molar-refractivity contribution in [3.63, 3.8) is 0 Å². The number of nitriles is 1. The molecule has 10 nitrogen and oxygen atoms in total. The summed E-state index contributed by atoms with van der Waals surface area (Å²) in [5.74, 6) is -0.839. The molecule has 3 N–H and O–H groups in total. The second-order valence-electron chi connectivity index (χ2n) is 7.05. The van der Waals surface area contributed by atoms with Crippen LogP contribution in [0.1, 0.15) is 11.3 Å². The zero-order chi connectivity index (χ0) is 26.0. The molecule has 1 aromatic heterocycles. The van der Waals surface area contributed by atoms with Crippen LogP contribution in [-0.4, -0.2) is 34.3 Å². The van der Waals surface area contributed by atoms with Gasteiger partial charge in [-0.15, -0.1) is 0 Å². The molecule has 1 heterocycles. The van der Waals surface area contributed by atoms with E-state index < -0.39 is 32.4 Å². The molecule has 0 spiro atoms. The van der Waals surface area contributed by atoms with Gasteiger partial charge in [-0.25, -0.2) is 27.0 Å². The summed E-state index contributed by atoms with van der Waals surface area (Å²) in [6.45, 7) is 0.870. The molecular weight excluding hydrogens is 539 g/mol. The van der Waals surface area contributed by atoms with Gasteiger partial charge in [0, 0.05) is 10.0 Å². The largest absolute Gasteiger partial charge is 0.482 e. The van der Waals surface area contributed by atoms with Crippen molar-refractivity contribution < 1.29 is 26.4 Å². The molecule has 0 fully saturated rings. The van der Waals surface area contributed by atoms with Gasteiger partial charge < -0.3 is 10.1 Å². The van der Waals surface area contributed by atoms with E-state index in [4.69, 9.17) is 38.3 Å². The standard InChI is InChI=1S/C21H16Cl2N4O6S2/c1-12-17(3-5-21(26-12)35(25,31)32)27-20(28)11-33-18-4-2-14(22)9-19(18)34(29,30)16-7-13(10-24)6-15(23)8-16/h2-9H,11H2,1H3,(H,27,28)(H2,25,31,32). The minimum absolute atomic E-state index is 0.0392. The monoisotopic (exact) mass is 554 g/mol. The van der Waals surface area contributed by atoms with E-state index in [-0.39, 0.29) is 47.6 Å². The molecule has 2 aromatic carbocycles. The van der Waals surface area contributed by atoms with Gasteiger partial charge in [0.2, 0.25) is 9.84 Å². The molecule has 14 heteroatoms. The molecule has 0 aliphatic rings. The number of anilines is 1. The Bertz CT molecular complexity index is 1590. The quantitative estimate of drug-likeness (QED) is 0.448.